The normalized spacial score (nSPS) is 34.6. The number of hydrogen-bond acceptors (Lipinski definition) is 3. The summed E-state index contributed by atoms with van der Waals surface area (Å²) in [6.07, 6.45) is 3.37. The molecule has 3 heterocycles. The average Bonchev–Trinajstić information content (AvgIpc) is 2.84. The van der Waals surface area contributed by atoms with Crippen LogP contribution in [0.25, 0.3) is 0 Å². The van der Waals surface area contributed by atoms with E-state index in [1.807, 2.05) is 0 Å². The van der Waals surface area contributed by atoms with Gasteiger partial charge in [0.2, 0.25) is 5.91 Å². The first-order valence-corrected chi connectivity index (χ1v) is 7.79. The molecule has 3 aliphatic heterocycles. The van der Waals surface area contributed by atoms with Gasteiger partial charge in [0, 0.05) is 31.6 Å². The van der Waals surface area contributed by atoms with Gasteiger partial charge < -0.3 is 15.5 Å². The van der Waals surface area contributed by atoms with Gasteiger partial charge in [-0.25, -0.2) is 0 Å². The minimum Gasteiger partial charge on any atom is -0.356 e. The number of carbonyl (C=O) groups excluding carboxylic acids is 1. The molecular weight excluding hydrogens is 238 g/mol. The summed E-state index contributed by atoms with van der Waals surface area (Å²) in [4.78, 5) is 15.1. The Balaban J connectivity index is 1.88. The van der Waals surface area contributed by atoms with Crippen LogP contribution in [0.5, 0.6) is 0 Å². The van der Waals surface area contributed by atoms with Crippen molar-refractivity contribution in [3.05, 3.63) is 0 Å². The molecule has 3 aliphatic rings. The lowest BCUT2D eigenvalue weighted by Crippen LogP contribution is -2.51. The smallest absolute Gasteiger partial charge is 0.228 e. The molecule has 0 unspecified atom stereocenters. The van der Waals surface area contributed by atoms with Gasteiger partial charge in [-0.1, -0.05) is 13.8 Å². The Morgan fingerprint density at radius 3 is 2.47 bits per heavy atom. The number of fused-ring (bicyclic) bond motifs is 1. The predicted molar refractivity (Wildman–Crippen MR) is 75.9 cm³/mol. The summed E-state index contributed by atoms with van der Waals surface area (Å²) in [6.45, 7) is 10.8. The van der Waals surface area contributed by atoms with Crippen molar-refractivity contribution in [1.29, 1.82) is 0 Å². The lowest BCUT2D eigenvalue weighted by atomic mass is 9.60. The number of nitrogens with zero attached hydrogens (tertiary/aromatic N) is 1. The van der Waals surface area contributed by atoms with Gasteiger partial charge in [0.15, 0.2) is 0 Å². The molecule has 3 fully saturated rings. The number of nitrogens with one attached hydrogen (secondary N) is 2. The zero-order valence-electron chi connectivity index (χ0n) is 12.3. The molecule has 1 atom stereocenters. The molecule has 0 aromatic rings. The number of piperidine rings is 1. The van der Waals surface area contributed by atoms with E-state index in [9.17, 15) is 4.79 Å². The monoisotopic (exact) mass is 265 g/mol. The first-order chi connectivity index (χ1) is 9.08. The van der Waals surface area contributed by atoms with Crippen molar-refractivity contribution in [1.82, 2.24) is 15.5 Å². The van der Waals surface area contributed by atoms with Crippen molar-refractivity contribution < 1.29 is 4.79 Å². The van der Waals surface area contributed by atoms with Crippen LogP contribution in [0.1, 0.15) is 33.1 Å². The average molecular weight is 265 g/mol. The summed E-state index contributed by atoms with van der Waals surface area (Å²) < 4.78 is 0. The molecule has 1 amide bonds. The maximum absolute atomic E-state index is 12.5. The van der Waals surface area contributed by atoms with Crippen LogP contribution < -0.4 is 10.6 Å². The maximum atomic E-state index is 12.5. The lowest BCUT2D eigenvalue weighted by molar-refractivity contribution is -0.133. The fraction of sp³-hybridized carbons (Fsp3) is 0.933. The van der Waals surface area contributed by atoms with E-state index in [2.05, 4.69) is 29.4 Å². The Bertz CT molecular complexity index is 362. The van der Waals surface area contributed by atoms with Crippen molar-refractivity contribution in [3.63, 3.8) is 0 Å². The van der Waals surface area contributed by atoms with Crippen molar-refractivity contribution in [2.45, 2.75) is 33.1 Å². The summed E-state index contributed by atoms with van der Waals surface area (Å²) in [5.41, 5.74) is 0.137. The lowest BCUT2D eigenvalue weighted by Gasteiger charge is -2.43. The maximum Gasteiger partial charge on any atom is 0.228 e. The van der Waals surface area contributed by atoms with Crippen LogP contribution in [-0.4, -0.2) is 50.1 Å². The van der Waals surface area contributed by atoms with Crippen molar-refractivity contribution >= 4 is 5.91 Å². The van der Waals surface area contributed by atoms with Gasteiger partial charge in [-0.3, -0.25) is 4.79 Å². The van der Waals surface area contributed by atoms with Crippen LogP contribution in [-0.2, 0) is 4.79 Å². The van der Waals surface area contributed by atoms with Crippen LogP contribution in [0.15, 0.2) is 0 Å². The van der Waals surface area contributed by atoms with Gasteiger partial charge in [0.05, 0.1) is 5.41 Å². The minimum absolute atomic E-state index is 0.0933. The molecule has 2 N–H and O–H groups in total. The summed E-state index contributed by atoms with van der Waals surface area (Å²) in [5, 5.41) is 6.57. The van der Waals surface area contributed by atoms with Gasteiger partial charge in [-0.05, 0) is 38.3 Å². The molecule has 0 aromatic carbocycles. The number of amides is 1. The summed E-state index contributed by atoms with van der Waals surface area (Å²) in [5.74, 6) is 1.01. The molecule has 0 aromatic heterocycles. The molecule has 4 heteroatoms. The number of carbonyl (C=O) groups is 1. The largest absolute Gasteiger partial charge is 0.356 e. The van der Waals surface area contributed by atoms with Gasteiger partial charge in [0.25, 0.3) is 0 Å². The van der Waals surface area contributed by atoms with Crippen molar-refractivity contribution in [2.75, 3.05) is 39.3 Å². The second-order valence-electron chi connectivity index (χ2n) is 7.18. The van der Waals surface area contributed by atoms with E-state index in [-0.39, 0.29) is 10.8 Å². The molecule has 0 radical (unpaired) electrons. The van der Waals surface area contributed by atoms with Gasteiger partial charge >= 0.3 is 0 Å². The second kappa shape index (κ2) is 4.74. The molecule has 2 spiro atoms. The molecular formula is C15H27N3O. The molecule has 108 valence electrons. The van der Waals surface area contributed by atoms with Crippen LogP contribution in [0, 0.1) is 16.7 Å². The Kier molecular flexibility index (Phi) is 3.34. The first-order valence-electron chi connectivity index (χ1n) is 7.79. The summed E-state index contributed by atoms with van der Waals surface area (Å²) in [7, 11) is 0. The van der Waals surface area contributed by atoms with Crippen molar-refractivity contribution in [2.24, 2.45) is 16.7 Å². The van der Waals surface area contributed by atoms with E-state index >= 15 is 0 Å². The standard InChI is InChI=1S/C15H27N3O/c1-12(2)9-18-10-14(3-6-16-7-4-14)15(11-18)5-8-17-13(15)19/h12,16H,3-11H2,1-2H3,(H,17,19)/t15-/m1/s1. The zero-order valence-corrected chi connectivity index (χ0v) is 12.3. The third-order valence-corrected chi connectivity index (χ3v) is 5.49. The highest BCUT2D eigenvalue weighted by atomic mass is 16.2. The van der Waals surface area contributed by atoms with E-state index in [4.69, 9.17) is 0 Å². The van der Waals surface area contributed by atoms with Gasteiger partial charge in [-0.2, -0.15) is 0 Å². The van der Waals surface area contributed by atoms with Crippen molar-refractivity contribution in [3.8, 4) is 0 Å². The summed E-state index contributed by atoms with van der Waals surface area (Å²) in [6, 6.07) is 0. The summed E-state index contributed by atoms with van der Waals surface area (Å²) >= 11 is 0. The van der Waals surface area contributed by atoms with E-state index in [0.717, 1.165) is 58.5 Å². The van der Waals surface area contributed by atoms with Crippen LogP contribution >= 0.6 is 0 Å². The van der Waals surface area contributed by atoms with Crippen LogP contribution in [0.3, 0.4) is 0 Å². The highest BCUT2D eigenvalue weighted by Gasteiger charge is 2.62. The Morgan fingerprint density at radius 2 is 1.89 bits per heavy atom. The zero-order chi connectivity index (χ0) is 13.5. The predicted octanol–water partition coefficient (Wildman–Crippen LogP) is 0.834. The Morgan fingerprint density at radius 1 is 1.16 bits per heavy atom. The molecule has 3 rings (SSSR count). The molecule has 19 heavy (non-hydrogen) atoms. The molecule has 0 aliphatic carbocycles. The van der Waals surface area contributed by atoms with Crippen LogP contribution in [0.2, 0.25) is 0 Å². The quantitative estimate of drug-likeness (QED) is 0.777. The molecule has 0 saturated carbocycles. The first kappa shape index (κ1) is 13.4. The molecule has 3 saturated heterocycles. The van der Waals surface area contributed by atoms with Gasteiger partial charge in [-0.15, -0.1) is 0 Å². The third kappa shape index (κ3) is 2.00. The highest BCUT2D eigenvalue weighted by molar-refractivity contribution is 5.86. The Labute approximate surface area is 116 Å². The fourth-order valence-electron chi connectivity index (χ4n) is 4.70. The van der Waals surface area contributed by atoms with E-state index in [0.29, 0.717) is 11.8 Å². The fourth-order valence-corrected chi connectivity index (χ4v) is 4.70. The van der Waals surface area contributed by atoms with E-state index < -0.39 is 0 Å². The van der Waals surface area contributed by atoms with Gasteiger partial charge in [0.1, 0.15) is 0 Å². The Hall–Kier alpha value is -0.610. The number of rotatable bonds is 2. The van der Waals surface area contributed by atoms with Crippen LogP contribution in [0.4, 0.5) is 0 Å². The second-order valence-corrected chi connectivity index (χ2v) is 7.18. The highest BCUT2D eigenvalue weighted by Crippen LogP contribution is 2.55. The number of likely N-dealkylation sites (tertiary alicyclic amines) is 1. The molecule has 4 nitrogen and oxygen atoms in total. The minimum atomic E-state index is -0.0933. The molecule has 0 bridgehead atoms. The van der Waals surface area contributed by atoms with E-state index in [1.54, 1.807) is 0 Å². The topological polar surface area (TPSA) is 44.4 Å². The number of hydrogen-bond donors (Lipinski definition) is 2. The van der Waals surface area contributed by atoms with E-state index in [1.165, 1.54) is 0 Å². The SMILES string of the molecule is CC(C)CN1CC2(CCNCC2)[C@]2(CCNC2=O)C1. The third-order valence-electron chi connectivity index (χ3n) is 5.49.